The van der Waals surface area contributed by atoms with Crippen LogP contribution in [-0.2, 0) is 13.0 Å². The normalized spacial score (nSPS) is 17.7. The van der Waals surface area contributed by atoms with Crippen LogP contribution in [0, 0.1) is 0 Å². The van der Waals surface area contributed by atoms with Gasteiger partial charge in [0.25, 0.3) is 0 Å². The zero-order valence-electron chi connectivity index (χ0n) is 9.42. The molecule has 0 aromatic heterocycles. The molecule has 2 heteroatoms. The zero-order valence-corrected chi connectivity index (χ0v) is 9.42. The third-order valence-electron chi connectivity index (χ3n) is 3.18. The number of rotatable bonds is 5. The summed E-state index contributed by atoms with van der Waals surface area (Å²) in [5.74, 6) is 0. The Hall–Kier alpha value is -0.860. The fourth-order valence-corrected chi connectivity index (χ4v) is 1.67. The first-order chi connectivity index (χ1) is 7.22. The summed E-state index contributed by atoms with van der Waals surface area (Å²) in [5, 5.41) is 3.58. The molecule has 0 atom stereocenters. The predicted molar refractivity (Wildman–Crippen MR) is 63.7 cm³/mol. The molecule has 1 aliphatic carbocycles. The second kappa shape index (κ2) is 4.33. The van der Waals surface area contributed by atoms with Crippen LogP contribution in [0.1, 0.15) is 30.9 Å². The highest BCUT2D eigenvalue weighted by atomic mass is 15.0. The molecule has 1 fully saturated rings. The van der Waals surface area contributed by atoms with Crippen LogP contribution in [0.25, 0.3) is 0 Å². The molecule has 1 aliphatic rings. The molecule has 0 aliphatic heterocycles. The lowest BCUT2D eigenvalue weighted by Gasteiger charge is -2.11. The third kappa shape index (κ3) is 3.05. The van der Waals surface area contributed by atoms with Crippen molar-refractivity contribution < 1.29 is 0 Å². The minimum Gasteiger partial charge on any atom is -0.330 e. The Bertz CT molecular complexity index is 312. The van der Waals surface area contributed by atoms with Crippen molar-refractivity contribution in [3.63, 3.8) is 0 Å². The maximum Gasteiger partial charge on any atom is 0.0210 e. The summed E-state index contributed by atoms with van der Waals surface area (Å²) in [5.41, 5.74) is 8.63. The van der Waals surface area contributed by atoms with Crippen LogP contribution in [0.5, 0.6) is 0 Å². The Morgan fingerprint density at radius 2 is 1.80 bits per heavy atom. The van der Waals surface area contributed by atoms with Crippen LogP contribution in [0.15, 0.2) is 24.3 Å². The fraction of sp³-hybridized carbons (Fsp3) is 0.538. The van der Waals surface area contributed by atoms with Gasteiger partial charge in [-0.15, -0.1) is 0 Å². The van der Waals surface area contributed by atoms with Gasteiger partial charge in [0.05, 0.1) is 0 Å². The summed E-state index contributed by atoms with van der Waals surface area (Å²) < 4.78 is 0. The summed E-state index contributed by atoms with van der Waals surface area (Å²) in [6.45, 7) is 4.00. The molecule has 0 amide bonds. The molecule has 1 saturated carbocycles. The van der Waals surface area contributed by atoms with Gasteiger partial charge in [-0.05, 0) is 43.9 Å². The topological polar surface area (TPSA) is 38.0 Å². The van der Waals surface area contributed by atoms with E-state index in [1.165, 1.54) is 24.0 Å². The van der Waals surface area contributed by atoms with E-state index in [-0.39, 0.29) is 0 Å². The van der Waals surface area contributed by atoms with Gasteiger partial charge in [0, 0.05) is 12.1 Å². The molecular formula is C13H20N2. The predicted octanol–water partition coefficient (Wildman–Crippen LogP) is 1.83. The lowest BCUT2D eigenvalue weighted by atomic mass is 10.1. The van der Waals surface area contributed by atoms with E-state index < -0.39 is 0 Å². The molecule has 0 spiro atoms. The summed E-state index contributed by atoms with van der Waals surface area (Å²) in [6, 6.07) is 8.76. The van der Waals surface area contributed by atoms with Crippen LogP contribution in [0.4, 0.5) is 0 Å². The number of hydrogen-bond acceptors (Lipinski definition) is 2. The minimum absolute atomic E-state index is 0.427. The molecular weight excluding hydrogens is 184 g/mol. The average Bonchev–Trinajstić information content (AvgIpc) is 2.97. The van der Waals surface area contributed by atoms with E-state index in [0.717, 1.165) is 19.5 Å². The summed E-state index contributed by atoms with van der Waals surface area (Å²) in [6.07, 6.45) is 3.61. The zero-order chi connectivity index (χ0) is 10.7. The highest BCUT2D eigenvalue weighted by Gasteiger charge is 2.36. The smallest absolute Gasteiger partial charge is 0.0210 e. The Morgan fingerprint density at radius 3 is 2.33 bits per heavy atom. The van der Waals surface area contributed by atoms with Crippen molar-refractivity contribution in [2.45, 2.75) is 38.3 Å². The molecule has 0 bridgehead atoms. The first-order valence-corrected chi connectivity index (χ1v) is 5.75. The number of nitrogens with one attached hydrogen (secondary N) is 1. The second-order valence-electron chi connectivity index (χ2n) is 4.77. The first-order valence-electron chi connectivity index (χ1n) is 5.75. The van der Waals surface area contributed by atoms with E-state index in [4.69, 9.17) is 5.73 Å². The largest absolute Gasteiger partial charge is 0.330 e. The maximum atomic E-state index is 5.51. The van der Waals surface area contributed by atoms with Gasteiger partial charge in [-0.3, -0.25) is 0 Å². The molecule has 2 nitrogen and oxygen atoms in total. The van der Waals surface area contributed by atoms with Crippen molar-refractivity contribution in [3.05, 3.63) is 35.4 Å². The summed E-state index contributed by atoms with van der Waals surface area (Å²) >= 11 is 0. The minimum atomic E-state index is 0.427. The van der Waals surface area contributed by atoms with Crippen LogP contribution in [-0.4, -0.2) is 12.1 Å². The van der Waals surface area contributed by atoms with Crippen molar-refractivity contribution in [1.82, 2.24) is 5.32 Å². The Labute approximate surface area is 91.9 Å². The summed E-state index contributed by atoms with van der Waals surface area (Å²) in [7, 11) is 0. The molecule has 0 heterocycles. The van der Waals surface area contributed by atoms with Gasteiger partial charge in [-0.2, -0.15) is 0 Å². The van der Waals surface area contributed by atoms with Crippen LogP contribution < -0.4 is 11.1 Å². The fourth-order valence-electron chi connectivity index (χ4n) is 1.67. The van der Waals surface area contributed by atoms with Gasteiger partial charge in [0.15, 0.2) is 0 Å². The molecule has 1 aromatic rings. The molecule has 0 saturated heterocycles. The Kier molecular flexibility index (Phi) is 3.08. The summed E-state index contributed by atoms with van der Waals surface area (Å²) in [4.78, 5) is 0. The molecule has 3 N–H and O–H groups in total. The van der Waals surface area contributed by atoms with Crippen molar-refractivity contribution in [2.24, 2.45) is 5.73 Å². The number of hydrogen-bond donors (Lipinski definition) is 2. The average molecular weight is 204 g/mol. The van der Waals surface area contributed by atoms with Gasteiger partial charge < -0.3 is 11.1 Å². The standard InChI is InChI=1S/C13H20N2/c1-13(7-8-13)15-10-12-4-2-11(3-5-12)6-9-14/h2-5,15H,6-10,14H2,1H3. The molecule has 2 rings (SSSR count). The Morgan fingerprint density at radius 1 is 1.20 bits per heavy atom. The molecule has 0 unspecified atom stereocenters. The lowest BCUT2D eigenvalue weighted by Crippen LogP contribution is -2.26. The highest BCUT2D eigenvalue weighted by molar-refractivity contribution is 5.23. The molecule has 1 aromatic carbocycles. The first kappa shape index (κ1) is 10.7. The second-order valence-corrected chi connectivity index (χ2v) is 4.77. The van der Waals surface area contributed by atoms with Gasteiger partial charge in [0.1, 0.15) is 0 Å². The SMILES string of the molecule is CC1(NCc2ccc(CCN)cc2)CC1. The van der Waals surface area contributed by atoms with Crippen LogP contribution in [0.3, 0.4) is 0 Å². The van der Waals surface area contributed by atoms with Crippen molar-refractivity contribution >= 4 is 0 Å². The van der Waals surface area contributed by atoms with Crippen LogP contribution >= 0.6 is 0 Å². The van der Waals surface area contributed by atoms with Gasteiger partial charge in [0.2, 0.25) is 0 Å². The van der Waals surface area contributed by atoms with E-state index in [1.54, 1.807) is 0 Å². The highest BCUT2D eigenvalue weighted by Crippen LogP contribution is 2.34. The quantitative estimate of drug-likeness (QED) is 0.768. The Balaban J connectivity index is 1.86. The van der Waals surface area contributed by atoms with Gasteiger partial charge in [-0.25, -0.2) is 0 Å². The van der Waals surface area contributed by atoms with Crippen molar-refractivity contribution in [1.29, 1.82) is 0 Å². The van der Waals surface area contributed by atoms with E-state index in [0.29, 0.717) is 5.54 Å². The lowest BCUT2D eigenvalue weighted by molar-refractivity contribution is 0.537. The van der Waals surface area contributed by atoms with Crippen molar-refractivity contribution in [3.8, 4) is 0 Å². The van der Waals surface area contributed by atoms with Gasteiger partial charge in [-0.1, -0.05) is 24.3 Å². The third-order valence-corrected chi connectivity index (χ3v) is 3.18. The van der Waals surface area contributed by atoms with E-state index in [9.17, 15) is 0 Å². The van der Waals surface area contributed by atoms with E-state index in [2.05, 4.69) is 36.5 Å². The maximum absolute atomic E-state index is 5.51. The monoisotopic (exact) mass is 204 g/mol. The van der Waals surface area contributed by atoms with Crippen molar-refractivity contribution in [2.75, 3.05) is 6.54 Å². The molecule has 0 radical (unpaired) electrons. The van der Waals surface area contributed by atoms with E-state index >= 15 is 0 Å². The number of nitrogens with two attached hydrogens (primary N) is 1. The van der Waals surface area contributed by atoms with Gasteiger partial charge >= 0.3 is 0 Å². The number of benzene rings is 1. The van der Waals surface area contributed by atoms with E-state index in [1.807, 2.05) is 0 Å². The van der Waals surface area contributed by atoms with Crippen LogP contribution in [0.2, 0.25) is 0 Å². The molecule has 15 heavy (non-hydrogen) atoms. The molecule has 82 valence electrons.